The smallest absolute Gasteiger partial charge is 0.220 e. The zero-order valence-corrected chi connectivity index (χ0v) is 11.1. The Labute approximate surface area is 109 Å². The summed E-state index contributed by atoms with van der Waals surface area (Å²) in [5.41, 5.74) is 1.13. The van der Waals surface area contributed by atoms with E-state index < -0.39 is 0 Å². The summed E-state index contributed by atoms with van der Waals surface area (Å²) >= 11 is 0. The summed E-state index contributed by atoms with van der Waals surface area (Å²) in [6, 6.07) is 9.72. The van der Waals surface area contributed by atoms with Gasteiger partial charge >= 0.3 is 0 Å². The van der Waals surface area contributed by atoms with E-state index in [0.29, 0.717) is 12.8 Å². The molecule has 1 rings (SSSR count). The maximum Gasteiger partial charge on any atom is 0.220 e. The summed E-state index contributed by atoms with van der Waals surface area (Å²) in [7, 11) is 0. The Bertz CT molecular complexity index is 338. The highest BCUT2D eigenvalue weighted by Gasteiger charge is 2.11. The summed E-state index contributed by atoms with van der Waals surface area (Å²) in [6.45, 7) is 2.10. The number of amides is 1. The van der Waals surface area contributed by atoms with Crippen LogP contribution >= 0.6 is 0 Å². The topological polar surface area (TPSA) is 49.3 Å². The molecule has 1 amide bonds. The number of aliphatic hydroxyl groups excluding tert-OH is 1. The van der Waals surface area contributed by atoms with Gasteiger partial charge in [0.1, 0.15) is 0 Å². The lowest BCUT2D eigenvalue weighted by Crippen LogP contribution is -2.38. The first kappa shape index (κ1) is 14.7. The molecule has 0 radical (unpaired) electrons. The zero-order chi connectivity index (χ0) is 13.2. The first-order chi connectivity index (χ1) is 8.76. The predicted molar refractivity (Wildman–Crippen MR) is 73.3 cm³/mol. The SMILES string of the molecule is CCCCCC(=O)N[C@@H](CO)Cc1ccccc1. The highest BCUT2D eigenvalue weighted by Crippen LogP contribution is 2.04. The van der Waals surface area contributed by atoms with Crippen LogP contribution in [-0.4, -0.2) is 23.7 Å². The molecule has 0 aromatic heterocycles. The monoisotopic (exact) mass is 249 g/mol. The van der Waals surface area contributed by atoms with Gasteiger partial charge in [-0.2, -0.15) is 0 Å². The maximum atomic E-state index is 11.7. The van der Waals surface area contributed by atoms with Gasteiger partial charge < -0.3 is 10.4 Å². The van der Waals surface area contributed by atoms with Crippen LogP contribution in [0.5, 0.6) is 0 Å². The standard InChI is InChI=1S/C15H23NO2/c1-2-3-5-10-15(18)16-14(12-17)11-13-8-6-4-7-9-13/h4,6-9,14,17H,2-3,5,10-12H2,1H3,(H,16,18)/t14-/m1/s1. The van der Waals surface area contributed by atoms with Crippen LogP contribution in [0.15, 0.2) is 30.3 Å². The molecule has 0 spiro atoms. The summed E-state index contributed by atoms with van der Waals surface area (Å²) in [4.78, 5) is 11.7. The molecule has 100 valence electrons. The summed E-state index contributed by atoms with van der Waals surface area (Å²) < 4.78 is 0. The predicted octanol–water partition coefficient (Wildman–Crippen LogP) is 2.29. The van der Waals surface area contributed by atoms with E-state index >= 15 is 0 Å². The van der Waals surface area contributed by atoms with Crippen molar-refractivity contribution in [3.05, 3.63) is 35.9 Å². The summed E-state index contributed by atoms with van der Waals surface area (Å²) in [6.07, 6.45) is 4.35. The number of carbonyl (C=O) groups excluding carboxylic acids is 1. The fourth-order valence-electron chi connectivity index (χ4n) is 1.90. The lowest BCUT2D eigenvalue weighted by molar-refractivity contribution is -0.122. The van der Waals surface area contributed by atoms with Gasteiger partial charge in [0, 0.05) is 6.42 Å². The van der Waals surface area contributed by atoms with Gasteiger partial charge in [0.15, 0.2) is 0 Å². The fraction of sp³-hybridized carbons (Fsp3) is 0.533. The first-order valence-corrected chi connectivity index (χ1v) is 6.70. The van der Waals surface area contributed by atoms with Crippen molar-refractivity contribution in [2.75, 3.05) is 6.61 Å². The van der Waals surface area contributed by atoms with E-state index in [9.17, 15) is 9.90 Å². The summed E-state index contributed by atoms with van der Waals surface area (Å²) in [5, 5.41) is 12.2. The highest BCUT2D eigenvalue weighted by atomic mass is 16.3. The second kappa shape index (κ2) is 8.70. The van der Waals surface area contributed by atoms with Gasteiger partial charge in [-0.05, 0) is 18.4 Å². The molecular formula is C15H23NO2. The lowest BCUT2D eigenvalue weighted by Gasteiger charge is -2.16. The van der Waals surface area contributed by atoms with Gasteiger partial charge in [0.2, 0.25) is 5.91 Å². The number of hydrogen-bond donors (Lipinski definition) is 2. The van der Waals surface area contributed by atoms with Gasteiger partial charge in [-0.3, -0.25) is 4.79 Å². The quantitative estimate of drug-likeness (QED) is 0.694. The van der Waals surface area contributed by atoms with Crippen LogP contribution in [-0.2, 0) is 11.2 Å². The molecule has 1 aromatic carbocycles. The van der Waals surface area contributed by atoms with Crippen molar-refractivity contribution in [3.63, 3.8) is 0 Å². The van der Waals surface area contributed by atoms with Gasteiger partial charge in [-0.1, -0.05) is 50.1 Å². The molecule has 2 N–H and O–H groups in total. The highest BCUT2D eigenvalue weighted by molar-refractivity contribution is 5.76. The normalized spacial score (nSPS) is 12.1. The number of nitrogens with one attached hydrogen (secondary N) is 1. The van der Waals surface area contributed by atoms with Crippen LogP contribution < -0.4 is 5.32 Å². The van der Waals surface area contributed by atoms with Gasteiger partial charge in [0.25, 0.3) is 0 Å². The molecule has 0 bridgehead atoms. The van der Waals surface area contributed by atoms with Crippen molar-refractivity contribution in [3.8, 4) is 0 Å². The second-order valence-electron chi connectivity index (χ2n) is 4.59. The molecule has 0 aliphatic carbocycles. The Morgan fingerprint density at radius 3 is 2.61 bits per heavy atom. The van der Waals surface area contributed by atoms with Gasteiger partial charge in [0.05, 0.1) is 12.6 Å². The van der Waals surface area contributed by atoms with Crippen LogP contribution in [0, 0.1) is 0 Å². The Kier molecular flexibility index (Phi) is 7.11. The maximum absolute atomic E-state index is 11.7. The molecule has 0 heterocycles. The Morgan fingerprint density at radius 2 is 2.00 bits per heavy atom. The molecule has 18 heavy (non-hydrogen) atoms. The molecule has 0 aliphatic heterocycles. The molecule has 0 saturated heterocycles. The lowest BCUT2D eigenvalue weighted by atomic mass is 10.1. The minimum absolute atomic E-state index is 0.0194. The number of unbranched alkanes of at least 4 members (excludes halogenated alkanes) is 2. The van der Waals surface area contributed by atoms with Crippen LogP contribution in [0.2, 0.25) is 0 Å². The van der Waals surface area contributed by atoms with Crippen molar-refractivity contribution in [2.45, 2.75) is 45.1 Å². The second-order valence-corrected chi connectivity index (χ2v) is 4.59. The minimum Gasteiger partial charge on any atom is -0.394 e. The van der Waals surface area contributed by atoms with E-state index in [0.717, 1.165) is 24.8 Å². The van der Waals surface area contributed by atoms with Crippen molar-refractivity contribution >= 4 is 5.91 Å². The Balaban J connectivity index is 2.35. The van der Waals surface area contributed by atoms with Crippen molar-refractivity contribution in [1.82, 2.24) is 5.32 Å². The molecule has 0 fully saturated rings. The third kappa shape index (κ3) is 5.82. The van der Waals surface area contributed by atoms with Crippen molar-refractivity contribution in [1.29, 1.82) is 0 Å². The van der Waals surface area contributed by atoms with Crippen LogP contribution in [0.25, 0.3) is 0 Å². The molecular weight excluding hydrogens is 226 g/mol. The molecule has 0 unspecified atom stereocenters. The minimum atomic E-state index is -0.179. The number of aliphatic hydroxyl groups is 1. The van der Waals surface area contributed by atoms with E-state index in [2.05, 4.69) is 12.2 Å². The molecule has 1 aromatic rings. The van der Waals surface area contributed by atoms with E-state index in [4.69, 9.17) is 0 Å². The third-order valence-corrected chi connectivity index (χ3v) is 2.92. The zero-order valence-electron chi connectivity index (χ0n) is 11.1. The average Bonchev–Trinajstić information content (AvgIpc) is 2.39. The molecule has 1 atom stereocenters. The van der Waals surface area contributed by atoms with Crippen LogP contribution in [0.4, 0.5) is 0 Å². The Hall–Kier alpha value is -1.35. The number of carbonyl (C=O) groups is 1. The van der Waals surface area contributed by atoms with E-state index in [-0.39, 0.29) is 18.6 Å². The molecule has 0 aliphatic rings. The van der Waals surface area contributed by atoms with E-state index in [1.54, 1.807) is 0 Å². The average molecular weight is 249 g/mol. The van der Waals surface area contributed by atoms with Crippen molar-refractivity contribution < 1.29 is 9.90 Å². The number of hydrogen-bond acceptors (Lipinski definition) is 2. The van der Waals surface area contributed by atoms with Gasteiger partial charge in [-0.15, -0.1) is 0 Å². The number of benzene rings is 1. The largest absolute Gasteiger partial charge is 0.394 e. The van der Waals surface area contributed by atoms with Crippen LogP contribution in [0.3, 0.4) is 0 Å². The molecule has 0 saturated carbocycles. The Morgan fingerprint density at radius 1 is 1.28 bits per heavy atom. The van der Waals surface area contributed by atoms with E-state index in [1.165, 1.54) is 0 Å². The number of rotatable bonds is 8. The molecule has 3 nitrogen and oxygen atoms in total. The summed E-state index contributed by atoms with van der Waals surface area (Å²) in [5.74, 6) is 0.0402. The van der Waals surface area contributed by atoms with Crippen LogP contribution in [0.1, 0.15) is 38.2 Å². The van der Waals surface area contributed by atoms with Crippen molar-refractivity contribution in [2.24, 2.45) is 0 Å². The first-order valence-electron chi connectivity index (χ1n) is 6.70. The fourth-order valence-corrected chi connectivity index (χ4v) is 1.90. The van der Waals surface area contributed by atoms with Gasteiger partial charge in [-0.25, -0.2) is 0 Å². The molecule has 3 heteroatoms. The van der Waals surface area contributed by atoms with E-state index in [1.807, 2.05) is 30.3 Å². The third-order valence-electron chi connectivity index (χ3n) is 2.92.